The van der Waals surface area contributed by atoms with E-state index in [0.29, 0.717) is 46.3 Å². The van der Waals surface area contributed by atoms with Crippen molar-refractivity contribution in [3.8, 4) is 0 Å². The number of hydrazone groups is 1. The van der Waals surface area contributed by atoms with Gasteiger partial charge in [-0.1, -0.05) is 18.7 Å². The molecule has 6 nitrogen and oxygen atoms in total. The Morgan fingerprint density at radius 1 is 1.25 bits per heavy atom. The van der Waals surface area contributed by atoms with E-state index in [1.807, 2.05) is 12.2 Å². The van der Waals surface area contributed by atoms with Crippen molar-refractivity contribution in [3.05, 3.63) is 55.1 Å². The lowest BCUT2D eigenvalue weighted by molar-refractivity contribution is -0.117. The van der Waals surface area contributed by atoms with Gasteiger partial charge in [-0.25, -0.2) is 0 Å². The zero-order chi connectivity index (χ0) is 20.8. The van der Waals surface area contributed by atoms with Crippen LogP contribution in [0.4, 0.5) is 11.4 Å². The van der Waals surface area contributed by atoms with Gasteiger partial charge in [-0.05, 0) is 55.2 Å². The van der Waals surface area contributed by atoms with E-state index < -0.39 is 0 Å². The summed E-state index contributed by atoms with van der Waals surface area (Å²) in [6.07, 6.45) is 7.47. The third-order valence-corrected chi connectivity index (χ3v) is 5.22. The minimum absolute atomic E-state index is 0.110. The molecule has 0 heterocycles. The van der Waals surface area contributed by atoms with Gasteiger partial charge in [0.15, 0.2) is 5.78 Å². The lowest BCUT2D eigenvalue weighted by atomic mass is 9.96. The van der Waals surface area contributed by atoms with Gasteiger partial charge in [-0.15, -0.1) is 13.2 Å². The number of rotatable bonds is 8. The van der Waals surface area contributed by atoms with E-state index in [-0.39, 0.29) is 17.6 Å². The van der Waals surface area contributed by atoms with Crippen molar-refractivity contribution >= 4 is 34.9 Å². The van der Waals surface area contributed by atoms with Gasteiger partial charge >= 0.3 is 0 Å². The van der Waals surface area contributed by atoms with Crippen molar-refractivity contribution in [2.24, 2.45) is 28.7 Å². The standard InChI is InChI=1S/C22H28N4O2/c1-5-16-7-15(8-17(16)6-2)9-21(28)26-18-10-19(14(4)27)22(20(23)11-18)13(3)12-25-24/h5-6,10-12,15-17H,1-3,7-9,23-24H2,4H3,(H,26,28)/b25-12-. The Morgan fingerprint density at radius 3 is 2.36 bits per heavy atom. The summed E-state index contributed by atoms with van der Waals surface area (Å²) in [5.74, 6) is 5.87. The Balaban J connectivity index is 2.17. The molecule has 1 amide bonds. The molecule has 0 spiro atoms. The molecule has 1 aliphatic carbocycles. The SMILES string of the molecule is C=CC1CC(CC(=O)Nc2cc(N)c(C(=C)/C=N\N)c(C(C)=O)c2)CC1C=C. The van der Waals surface area contributed by atoms with Crippen LogP contribution in [0, 0.1) is 17.8 Å². The number of hydrogen-bond donors (Lipinski definition) is 3. The van der Waals surface area contributed by atoms with Crippen molar-refractivity contribution < 1.29 is 9.59 Å². The predicted molar refractivity (Wildman–Crippen MR) is 116 cm³/mol. The van der Waals surface area contributed by atoms with E-state index in [4.69, 9.17) is 11.6 Å². The number of nitrogens with one attached hydrogen (secondary N) is 1. The quantitative estimate of drug-likeness (QED) is 0.159. The molecule has 2 unspecified atom stereocenters. The Labute approximate surface area is 166 Å². The predicted octanol–water partition coefficient (Wildman–Crippen LogP) is 3.77. The highest BCUT2D eigenvalue weighted by molar-refractivity contribution is 6.16. The number of benzene rings is 1. The summed E-state index contributed by atoms with van der Waals surface area (Å²) in [7, 11) is 0. The minimum Gasteiger partial charge on any atom is -0.398 e. The van der Waals surface area contributed by atoms with Crippen LogP contribution in [-0.2, 0) is 4.79 Å². The zero-order valence-electron chi connectivity index (χ0n) is 16.3. The smallest absolute Gasteiger partial charge is 0.224 e. The monoisotopic (exact) mass is 380 g/mol. The molecule has 2 rings (SSSR count). The Morgan fingerprint density at radius 2 is 1.86 bits per heavy atom. The van der Waals surface area contributed by atoms with Gasteiger partial charge in [0.05, 0.1) is 6.21 Å². The molecule has 1 aliphatic rings. The van der Waals surface area contributed by atoms with Crippen LogP contribution in [0.3, 0.4) is 0 Å². The zero-order valence-corrected chi connectivity index (χ0v) is 16.3. The van der Waals surface area contributed by atoms with Gasteiger partial charge in [-0.2, -0.15) is 5.10 Å². The summed E-state index contributed by atoms with van der Waals surface area (Å²) in [4.78, 5) is 24.6. The van der Waals surface area contributed by atoms with Crippen molar-refractivity contribution in [2.45, 2.75) is 26.2 Å². The second-order valence-electron chi connectivity index (χ2n) is 7.24. The van der Waals surface area contributed by atoms with E-state index >= 15 is 0 Å². The third-order valence-electron chi connectivity index (χ3n) is 5.22. The molecule has 1 saturated carbocycles. The molecule has 6 heteroatoms. The third kappa shape index (κ3) is 4.76. The fourth-order valence-corrected chi connectivity index (χ4v) is 3.93. The highest BCUT2D eigenvalue weighted by atomic mass is 16.1. The van der Waals surface area contributed by atoms with Gasteiger partial charge in [0, 0.05) is 28.9 Å². The number of carbonyl (C=O) groups excluding carboxylic acids is 2. The van der Waals surface area contributed by atoms with E-state index in [9.17, 15) is 9.59 Å². The van der Waals surface area contributed by atoms with E-state index in [1.165, 1.54) is 13.1 Å². The molecule has 0 aromatic heterocycles. The van der Waals surface area contributed by atoms with Crippen LogP contribution in [0.5, 0.6) is 0 Å². The van der Waals surface area contributed by atoms with Gasteiger partial charge in [0.1, 0.15) is 0 Å². The van der Waals surface area contributed by atoms with Crippen molar-refractivity contribution in [1.29, 1.82) is 0 Å². The molecular weight excluding hydrogens is 352 g/mol. The van der Waals surface area contributed by atoms with Crippen molar-refractivity contribution in [1.82, 2.24) is 0 Å². The first-order valence-electron chi connectivity index (χ1n) is 9.22. The summed E-state index contributed by atoms with van der Waals surface area (Å²) in [5.41, 5.74) is 8.18. The molecule has 5 N–H and O–H groups in total. The fourth-order valence-electron chi connectivity index (χ4n) is 3.93. The van der Waals surface area contributed by atoms with Gasteiger partial charge in [-0.3, -0.25) is 9.59 Å². The first-order valence-corrected chi connectivity index (χ1v) is 9.22. The largest absolute Gasteiger partial charge is 0.398 e. The molecule has 1 aromatic rings. The van der Waals surface area contributed by atoms with Crippen LogP contribution in [0.15, 0.2) is 49.1 Å². The highest BCUT2D eigenvalue weighted by Gasteiger charge is 2.31. The average Bonchev–Trinajstić information content (AvgIpc) is 3.02. The van der Waals surface area contributed by atoms with Crippen LogP contribution in [-0.4, -0.2) is 17.9 Å². The summed E-state index contributed by atoms with van der Waals surface area (Å²) in [6.45, 7) is 13.0. The molecule has 1 aromatic carbocycles. The first kappa shape index (κ1) is 21.2. The van der Waals surface area contributed by atoms with Crippen LogP contribution in [0.2, 0.25) is 0 Å². The number of allylic oxidation sites excluding steroid dienone is 3. The molecule has 28 heavy (non-hydrogen) atoms. The second kappa shape index (κ2) is 9.17. The number of nitrogens with zero attached hydrogens (tertiary/aromatic N) is 1. The van der Waals surface area contributed by atoms with Gasteiger partial charge in [0.25, 0.3) is 0 Å². The van der Waals surface area contributed by atoms with Crippen LogP contribution >= 0.6 is 0 Å². The molecule has 0 aliphatic heterocycles. The lowest BCUT2D eigenvalue weighted by Gasteiger charge is -2.15. The number of amides is 1. The maximum absolute atomic E-state index is 12.5. The number of hydrogen-bond acceptors (Lipinski definition) is 5. The topological polar surface area (TPSA) is 111 Å². The molecule has 0 radical (unpaired) electrons. The van der Waals surface area contributed by atoms with Crippen LogP contribution in [0.25, 0.3) is 5.57 Å². The van der Waals surface area contributed by atoms with E-state index in [2.05, 4.69) is 30.2 Å². The highest BCUT2D eigenvalue weighted by Crippen LogP contribution is 2.39. The number of nitrogen functional groups attached to an aromatic ring is 1. The number of Topliss-reactive ketones (excluding diaryl/α,β-unsaturated/α-hetero) is 1. The van der Waals surface area contributed by atoms with Crippen LogP contribution in [0.1, 0.15) is 42.1 Å². The van der Waals surface area contributed by atoms with Gasteiger partial charge < -0.3 is 16.9 Å². The summed E-state index contributed by atoms with van der Waals surface area (Å²) in [6, 6.07) is 3.22. The van der Waals surface area contributed by atoms with Gasteiger partial charge in [0.2, 0.25) is 5.91 Å². The molecule has 0 bridgehead atoms. The molecule has 0 saturated heterocycles. The second-order valence-corrected chi connectivity index (χ2v) is 7.24. The number of carbonyl (C=O) groups is 2. The summed E-state index contributed by atoms with van der Waals surface area (Å²) >= 11 is 0. The number of ketones is 1. The maximum Gasteiger partial charge on any atom is 0.224 e. The Hall–Kier alpha value is -3.15. The minimum atomic E-state index is -0.192. The number of nitrogens with two attached hydrogens (primary N) is 2. The summed E-state index contributed by atoms with van der Waals surface area (Å²) < 4.78 is 0. The maximum atomic E-state index is 12.5. The number of anilines is 2. The molecule has 2 atom stereocenters. The fraction of sp³-hybridized carbons (Fsp3) is 0.318. The average molecular weight is 380 g/mol. The normalized spacial score (nSPS) is 21.4. The van der Waals surface area contributed by atoms with Crippen LogP contribution < -0.4 is 16.9 Å². The van der Waals surface area contributed by atoms with E-state index in [0.717, 1.165) is 12.8 Å². The van der Waals surface area contributed by atoms with E-state index in [1.54, 1.807) is 12.1 Å². The lowest BCUT2D eigenvalue weighted by Crippen LogP contribution is -2.16. The molecule has 148 valence electrons. The first-order chi connectivity index (χ1) is 13.3. The van der Waals surface area contributed by atoms with Crippen molar-refractivity contribution in [3.63, 3.8) is 0 Å². The van der Waals surface area contributed by atoms with Crippen molar-refractivity contribution in [2.75, 3.05) is 11.1 Å². The Bertz CT molecular complexity index is 825. The molecular formula is C22H28N4O2. The Kier molecular flexibility index (Phi) is 6.93. The summed E-state index contributed by atoms with van der Waals surface area (Å²) in [5, 5.41) is 6.29. The molecule has 1 fully saturated rings.